The first kappa shape index (κ1) is 19.0. The zero-order valence-electron chi connectivity index (χ0n) is 17.3. The molecule has 31 heavy (non-hydrogen) atoms. The summed E-state index contributed by atoms with van der Waals surface area (Å²) in [6.07, 6.45) is 4.75. The molecule has 0 aliphatic heterocycles. The number of H-pyrrole nitrogens is 1. The Kier molecular flexibility index (Phi) is 4.93. The summed E-state index contributed by atoms with van der Waals surface area (Å²) in [4.78, 5) is 21.9. The van der Waals surface area contributed by atoms with Gasteiger partial charge in [-0.15, -0.1) is 0 Å². The van der Waals surface area contributed by atoms with Gasteiger partial charge in [0, 0.05) is 10.9 Å². The second-order valence-corrected chi connectivity index (χ2v) is 7.54. The van der Waals surface area contributed by atoms with E-state index >= 15 is 0 Å². The first-order chi connectivity index (χ1) is 15.3. The van der Waals surface area contributed by atoms with Crippen molar-refractivity contribution in [2.75, 3.05) is 0 Å². The average Bonchev–Trinajstić information content (AvgIpc) is 3.27. The van der Waals surface area contributed by atoms with Crippen LogP contribution in [0.2, 0.25) is 0 Å². The lowest BCUT2D eigenvalue weighted by Crippen LogP contribution is -2.07. The van der Waals surface area contributed by atoms with Crippen LogP contribution >= 0.6 is 0 Å². The molecule has 0 fully saturated rings. The van der Waals surface area contributed by atoms with E-state index in [2.05, 4.69) is 24.0 Å². The Balaban J connectivity index is 1.76. The molecule has 3 nitrogen and oxygen atoms in total. The van der Waals surface area contributed by atoms with E-state index in [9.17, 15) is 4.79 Å². The number of fused-ring (bicyclic) bond motifs is 3. The van der Waals surface area contributed by atoms with Crippen LogP contribution in [-0.4, -0.2) is 15.8 Å². The molecule has 0 atom stereocenters. The van der Waals surface area contributed by atoms with Crippen LogP contribution in [0.25, 0.3) is 34.0 Å². The number of nitrogens with one attached hydrogen (secondary N) is 1. The third kappa shape index (κ3) is 3.44. The second-order valence-electron chi connectivity index (χ2n) is 7.54. The van der Waals surface area contributed by atoms with E-state index in [0.717, 1.165) is 45.2 Å². The molecule has 5 aromatic rings. The molecule has 150 valence electrons. The highest BCUT2D eigenvalue weighted by Crippen LogP contribution is 2.33. The van der Waals surface area contributed by atoms with E-state index < -0.39 is 0 Å². The lowest BCUT2D eigenvalue weighted by Gasteiger charge is -2.13. The molecule has 0 unspecified atom stereocenters. The lowest BCUT2D eigenvalue weighted by atomic mass is 9.90. The molecule has 0 aliphatic rings. The van der Waals surface area contributed by atoms with Crippen molar-refractivity contribution in [3.63, 3.8) is 0 Å². The number of rotatable bonds is 5. The Bertz CT molecular complexity index is 1410. The van der Waals surface area contributed by atoms with Gasteiger partial charge in [0.05, 0.1) is 16.6 Å². The molecule has 1 N–H and O–H groups in total. The summed E-state index contributed by atoms with van der Waals surface area (Å²) >= 11 is 0. The van der Waals surface area contributed by atoms with Crippen LogP contribution in [0.4, 0.5) is 0 Å². The lowest BCUT2D eigenvalue weighted by molar-refractivity contribution is 0.103. The summed E-state index contributed by atoms with van der Waals surface area (Å²) in [5.74, 6) is 0.759. The number of carbonyl (C=O) groups is 1. The fourth-order valence-electron chi connectivity index (χ4n) is 4.18. The van der Waals surface area contributed by atoms with E-state index in [0.29, 0.717) is 11.1 Å². The monoisotopic (exact) mass is 402 g/mol. The van der Waals surface area contributed by atoms with Gasteiger partial charge < -0.3 is 4.98 Å². The van der Waals surface area contributed by atoms with Crippen molar-refractivity contribution < 1.29 is 4.79 Å². The minimum Gasteiger partial charge on any atom is -0.338 e. The van der Waals surface area contributed by atoms with Crippen LogP contribution in [0.5, 0.6) is 0 Å². The molecule has 0 saturated carbocycles. The average molecular weight is 402 g/mol. The number of nitrogens with zero attached hydrogens (tertiary/aromatic N) is 1. The van der Waals surface area contributed by atoms with Gasteiger partial charge in [-0.2, -0.15) is 0 Å². The van der Waals surface area contributed by atoms with Gasteiger partial charge in [0.25, 0.3) is 0 Å². The van der Waals surface area contributed by atoms with Crippen LogP contribution < -0.4 is 0 Å². The van der Waals surface area contributed by atoms with Crippen LogP contribution in [0.15, 0.2) is 84.9 Å². The van der Waals surface area contributed by atoms with Gasteiger partial charge in [-0.25, -0.2) is 4.98 Å². The second kappa shape index (κ2) is 8.04. The zero-order valence-corrected chi connectivity index (χ0v) is 17.3. The Morgan fingerprint density at radius 3 is 2.19 bits per heavy atom. The van der Waals surface area contributed by atoms with Crippen molar-refractivity contribution in [1.82, 2.24) is 9.97 Å². The highest BCUT2D eigenvalue weighted by atomic mass is 16.1. The van der Waals surface area contributed by atoms with Gasteiger partial charge in [0.2, 0.25) is 0 Å². The molecule has 0 saturated heterocycles. The maximum absolute atomic E-state index is 13.6. The molecule has 0 aliphatic carbocycles. The number of hydrogen-bond donors (Lipinski definition) is 1. The summed E-state index contributed by atoms with van der Waals surface area (Å²) < 4.78 is 0. The van der Waals surface area contributed by atoms with Gasteiger partial charge in [0.15, 0.2) is 5.78 Å². The normalized spacial score (nSPS) is 11.5. The van der Waals surface area contributed by atoms with E-state index in [1.54, 1.807) is 0 Å². The maximum Gasteiger partial charge on any atom is 0.195 e. The predicted octanol–water partition coefficient (Wildman–Crippen LogP) is 6.68. The van der Waals surface area contributed by atoms with Crippen molar-refractivity contribution in [1.29, 1.82) is 0 Å². The minimum absolute atomic E-state index is 0.0236. The first-order valence-corrected chi connectivity index (χ1v) is 10.5. The largest absolute Gasteiger partial charge is 0.338 e. The fourth-order valence-corrected chi connectivity index (χ4v) is 4.18. The Morgan fingerprint density at radius 2 is 1.48 bits per heavy atom. The van der Waals surface area contributed by atoms with Crippen molar-refractivity contribution in [3.05, 3.63) is 113 Å². The smallest absolute Gasteiger partial charge is 0.195 e. The van der Waals surface area contributed by atoms with Gasteiger partial charge in [-0.05, 0) is 29.0 Å². The van der Waals surface area contributed by atoms with Crippen molar-refractivity contribution in [2.24, 2.45) is 0 Å². The van der Waals surface area contributed by atoms with Crippen molar-refractivity contribution in [2.45, 2.75) is 13.3 Å². The van der Waals surface area contributed by atoms with E-state index in [4.69, 9.17) is 4.98 Å². The molecule has 3 heteroatoms. The molecule has 4 aromatic carbocycles. The van der Waals surface area contributed by atoms with Gasteiger partial charge >= 0.3 is 0 Å². The number of benzene rings is 4. The highest BCUT2D eigenvalue weighted by Gasteiger charge is 2.22. The molecule has 0 bridgehead atoms. The maximum atomic E-state index is 13.6. The Labute approximate surface area is 181 Å². The topological polar surface area (TPSA) is 45.8 Å². The number of aromatic nitrogens is 2. The SMILES string of the molecule is CCc1c(C(=O)c2ccccc2)c2[nH]c(C=Cc3ccccc3)nc2c2ccccc12. The van der Waals surface area contributed by atoms with Crippen LogP contribution in [0.1, 0.15) is 39.8 Å². The Morgan fingerprint density at radius 1 is 0.839 bits per heavy atom. The molecule has 1 aromatic heterocycles. The highest BCUT2D eigenvalue weighted by molar-refractivity contribution is 6.22. The Hall–Kier alpha value is -3.98. The van der Waals surface area contributed by atoms with Crippen LogP contribution in [0, 0.1) is 0 Å². The van der Waals surface area contributed by atoms with Crippen molar-refractivity contribution >= 4 is 39.7 Å². The minimum atomic E-state index is 0.0236. The van der Waals surface area contributed by atoms with Gasteiger partial charge in [-0.1, -0.05) is 97.9 Å². The first-order valence-electron chi connectivity index (χ1n) is 10.5. The molecule has 1 heterocycles. The summed E-state index contributed by atoms with van der Waals surface area (Å²) in [7, 11) is 0. The number of imidazole rings is 1. The van der Waals surface area contributed by atoms with Gasteiger partial charge in [-0.3, -0.25) is 4.79 Å². The number of aryl methyl sites for hydroxylation is 1. The number of hydrogen-bond acceptors (Lipinski definition) is 2. The molecule has 5 rings (SSSR count). The van der Waals surface area contributed by atoms with Crippen LogP contribution in [0.3, 0.4) is 0 Å². The zero-order chi connectivity index (χ0) is 21.2. The molecule has 0 radical (unpaired) electrons. The number of ketones is 1. The third-order valence-corrected chi connectivity index (χ3v) is 5.63. The fraction of sp³-hybridized carbons (Fsp3) is 0.0714. The molecular weight excluding hydrogens is 380 g/mol. The summed E-state index contributed by atoms with van der Waals surface area (Å²) in [5, 5.41) is 2.15. The van der Waals surface area contributed by atoms with E-state index in [1.165, 1.54) is 0 Å². The summed E-state index contributed by atoms with van der Waals surface area (Å²) in [6.45, 7) is 2.10. The predicted molar refractivity (Wildman–Crippen MR) is 128 cm³/mol. The van der Waals surface area contributed by atoms with Crippen LogP contribution in [-0.2, 0) is 6.42 Å². The number of carbonyl (C=O) groups excluding carboxylic acids is 1. The van der Waals surface area contributed by atoms with E-state index in [-0.39, 0.29) is 5.78 Å². The number of aromatic amines is 1. The van der Waals surface area contributed by atoms with Gasteiger partial charge in [0.1, 0.15) is 5.82 Å². The standard InChI is InChI=1S/C28H22N2O/c1-2-21-22-15-9-10-16-23(22)26-27(25(21)28(31)20-13-7-4-8-14-20)30-24(29-26)18-17-19-11-5-3-6-12-19/h3-18H,2H2,1H3,(H,29,30). The third-order valence-electron chi connectivity index (χ3n) is 5.63. The van der Waals surface area contributed by atoms with E-state index in [1.807, 2.05) is 84.9 Å². The summed E-state index contributed by atoms with van der Waals surface area (Å²) in [5.41, 5.74) is 5.19. The molecule has 0 spiro atoms. The summed E-state index contributed by atoms with van der Waals surface area (Å²) in [6, 6.07) is 27.8. The molecular formula is C28H22N2O. The van der Waals surface area contributed by atoms with Crippen molar-refractivity contribution in [3.8, 4) is 0 Å². The quantitative estimate of drug-likeness (QED) is 0.333. The molecule has 0 amide bonds.